The van der Waals surface area contributed by atoms with Crippen LogP contribution in [0.25, 0.3) is 0 Å². The van der Waals surface area contributed by atoms with E-state index >= 15 is 0 Å². The third kappa shape index (κ3) is 3.72. The molecular formula is C14H16N4S. The SMILES string of the molecule is CC(CNc1nccc(C(N)=S)n1)c1ccccc1. The zero-order chi connectivity index (χ0) is 13.7. The Balaban J connectivity index is 1.99. The van der Waals surface area contributed by atoms with Crippen molar-refractivity contribution in [2.45, 2.75) is 12.8 Å². The van der Waals surface area contributed by atoms with Gasteiger partial charge in [0, 0.05) is 12.7 Å². The van der Waals surface area contributed by atoms with E-state index in [9.17, 15) is 0 Å². The van der Waals surface area contributed by atoms with Gasteiger partial charge in [-0.2, -0.15) is 0 Å². The van der Waals surface area contributed by atoms with E-state index in [0.717, 1.165) is 6.54 Å². The van der Waals surface area contributed by atoms with E-state index in [1.54, 1.807) is 12.3 Å². The molecule has 0 amide bonds. The third-order valence-electron chi connectivity index (χ3n) is 2.84. The maximum atomic E-state index is 5.54. The van der Waals surface area contributed by atoms with E-state index in [-0.39, 0.29) is 4.99 Å². The molecule has 5 heteroatoms. The molecule has 1 aromatic heterocycles. The number of nitrogens with two attached hydrogens (primary N) is 1. The molecule has 0 radical (unpaired) electrons. The van der Waals surface area contributed by atoms with Crippen molar-refractivity contribution >= 4 is 23.2 Å². The van der Waals surface area contributed by atoms with Crippen LogP contribution in [-0.2, 0) is 0 Å². The van der Waals surface area contributed by atoms with Crippen molar-refractivity contribution in [3.05, 3.63) is 53.9 Å². The van der Waals surface area contributed by atoms with Crippen LogP contribution in [0.4, 0.5) is 5.95 Å². The van der Waals surface area contributed by atoms with Crippen LogP contribution in [0.1, 0.15) is 24.1 Å². The van der Waals surface area contributed by atoms with Gasteiger partial charge in [0.15, 0.2) is 0 Å². The highest BCUT2D eigenvalue weighted by Crippen LogP contribution is 2.14. The number of benzene rings is 1. The number of anilines is 1. The van der Waals surface area contributed by atoms with Crippen LogP contribution in [-0.4, -0.2) is 21.5 Å². The predicted molar refractivity (Wildman–Crippen MR) is 81.3 cm³/mol. The average molecular weight is 272 g/mol. The lowest BCUT2D eigenvalue weighted by atomic mass is 10.0. The Hall–Kier alpha value is -2.01. The zero-order valence-electron chi connectivity index (χ0n) is 10.7. The summed E-state index contributed by atoms with van der Waals surface area (Å²) in [5, 5.41) is 3.20. The number of rotatable bonds is 5. The Kier molecular flexibility index (Phi) is 4.41. The first kappa shape index (κ1) is 13.4. The molecule has 0 spiro atoms. The molecular weight excluding hydrogens is 256 g/mol. The van der Waals surface area contributed by atoms with E-state index in [4.69, 9.17) is 18.0 Å². The summed E-state index contributed by atoms with van der Waals surface area (Å²) in [5.74, 6) is 0.923. The minimum Gasteiger partial charge on any atom is -0.388 e. The molecule has 0 saturated carbocycles. The lowest BCUT2D eigenvalue weighted by molar-refractivity contribution is 0.796. The summed E-state index contributed by atoms with van der Waals surface area (Å²) in [4.78, 5) is 8.68. The van der Waals surface area contributed by atoms with Crippen molar-refractivity contribution in [3.8, 4) is 0 Å². The minimum atomic E-state index is 0.279. The summed E-state index contributed by atoms with van der Waals surface area (Å²) < 4.78 is 0. The highest BCUT2D eigenvalue weighted by Gasteiger charge is 2.06. The van der Waals surface area contributed by atoms with E-state index in [1.807, 2.05) is 18.2 Å². The average Bonchev–Trinajstić information content (AvgIpc) is 2.46. The van der Waals surface area contributed by atoms with Gasteiger partial charge in [-0.1, -0.05) is 49.5 Å². The van der Waals surface area contributed by atoms with Crippen LogP contribution in [0.3, 0.4) is 0 Å². The number of aromatic nitrogens is 2. The maximum Gasteiger partial charge on any atom is 0.223 e. The third-order valence-corrected chi connectivity index (χ3v) is 3.05. The van der Waals surface area contributed by atoms with E-state index in [1.165, 1.54) is 5.56 Å². The van der Waals surface area contributed by atoms with E-state index < -0.39 is 0 Å². The molecule has 1 atom stereocenters. The second kappa shape index (κ2) is 6.24. The van der Waals surface area contributed by atoms with Gasteiger partial charge in [-0.3, -0.25) is 0 Å². The second-order valence-corrected chi connectivity index (χ2v) is 4.76. The predicted octanol–water partition coefficient (Wildman–Crippen LogP) is 2.33. The van der Waals surface area contributed by atoms with Crippen molar-refractivity contribution in [3.63, 3.8) is 0 Å². The van der Waals surface area contributed by atoms with Crippen LogP contribution in [0.15, 0.2) is 42.6 Å². The van der Waals surface area contributed by atoms with Crippen molar-refractivity contribution in [1.29, 1.82) is 0 Å². The van der Waals surface area contributed by atoms with Gasteiger partial charge >= 0.3 is 0 Å². The summed E-state index contributed by atoms with van der Waals surface area (Å²) >= 11 is 4.89. The van der Waals surface area contributed by atoms with Gasteiger partial charge in [0.1, 0.15) is 10.7 Å². The molecule has 0 fully saturated rings. The largest absolute Gasteiger partial charge is 0.388 e. The van der Waals surface area contributed by atoms with Crippen molar-refractivity contribution in [2.24, 2.45) is 5.73 Å². The summed E-state index contributed by atoms with van der Waals surface area (Å²) in [6.45, 7) is 2.91. The lowest BCUT2D eigenvalue weighted by Gasteiger charge is -2.13. The first-order valence-corrected chi connectivity index (χ1v) is 6.49. The molecule has 98 valence electrons. The maximum absolute atomic E-state index is 5.54. The number of hydrogen-bond donors (Lipinski definition) is 2. The summed E-state index contributed by atoms with van der Waals surface area (Å²) in [6.07, 6.45) is 1.65. The highest BCUT2D eigenvalue weighted by atomic mass is 32.1. The van der Waals surface area contributed by atoms with Gasteiger partial charge in [-0.25, -0.2) is 9.97 Å². The molecule has 0 saturated heterocycles. The normalized spacial score (nSPS) is 11.8. The molecule has 2 rings (SSSR count). The van der Waals surface area contributed by atoms with Crippen LogP contribution in [0, 0.1) is 0 Å². The number of thiocarbonyl (C=S) groups is 1. The van der Waals surface area contributed by atoms with Crippen LogP contribution in [0.5, 0.6) is 0 Å². The van der Waals surface area contributed by atoms with E-state index in [0.29, 0.717) is 17.6 Å². The van der Waals surface area contributed by atoms with Crippen LogP contribution in [0.2, 0.25) is 0 Å². The number of hydrogen-bond acceptors (Lipinski definition) is 4. The minimum absolute atomic E-state index is 0.279. The summed E-state index contributed by atoms with van der Waals surface area (Å²) in [6, 6.07) is 12.0. The second-order valence-electron chi connectivity index (χ2n) is 4.32. The summed E-state index contributed by atoms with van der Waals surface area (Å²) in [5.41, 5.74) is 7.40. The first-order chi connectivity index (χ1) is 9.16. The van der Waals surface area contributed by atoms with Gasteiger partial charge in [-0.15, -0.1) is 0 Å². The Morgan fingerprint density at radius 2 is 2.05 bits per heavy atom. The fourth-order valence-electron chi connectivity index (χ4n) is 1.72. The van der Waals surface area contributed by atoms with E-state index in [2.05, 4.69) is 34.3 Å². The molecule has 1 heterocycles. The Morgan fingerprint density at radius 1 is 1.32 bits per heavy atom. The Labute approximate surface area is 118 Å². The standard InChI is InChI=1S/C14H16N4S/c1-10(11-5-3-2-4-6-11)9-17-14-16-8-7-12(18-14)13(15)19/h2-8,10H,9H2,1H3,(H2,15,19)(H,16,17,18). The molecule has 0 aliphatic rings. The van der Waals surface area contributed by atoms with Crippen molar-refractivity contribution < 1.29 is 0 Å². The molecule has 0 aliphatic heterocycles. The van der Waals surface area contributed by atoms with Gasteiger partial charge in [0.25, 0.3) is 0 Å². The topological polar surface area (TPSA) is 63.8 Å². The Bertz CT molecular complexity index is 556. The van der Waals surface area contributed by atoms with Gasteiger partial charge in [0.2, 0.25) is 5.95 Å². The molecule has 1 aromatic carbocycles. The van der Waals surface area contributed by atoms with Crippen molar-refractivity contribution in [1.82, 2.24) is 9.97 Å². The van der Waals surface area contributed by atoms with Crippen LogP contribution < -0.4 is 11.1 Å². The fourth-order valence-corrected chi connectivity index (χ4v) is 1.84. The molecule has 4 nitrogen and oxygen atoms in total. The van der Waals surface area contributed by atoms with Gasteiger partial charge in [0.05, 0.1) is 0 Å². The fraction of sp³-hybridized carbons (Fsp3) is 0.214. The molecule has 3 N–H and O–H groups in total. The van der Waals surface area contributed by atoms with Crippen LogP contribution >= 0.6 is 12.2 Å². The summed E-state index contributed by atoms with van der Waals surface area (Å²) in [7, 11) is 0. The molecule has 0 aliphatic carbocycles. The molecule has 1 unspecified atom stereocenters. The number of nitrogens with zero attached hydrogens (tertiary/aromatic N) is 2. The lowest BCUT2D eigenvalue weighted by Crippen LogP contribution is -2.16. The molecule has 2 aromatic rings. The van der Waals surface area contributed by atoms with Crippen molar-refractivity contribution in [2.75, 3.05) is 11.9 Å². The first-order valence-electron chi connectivity index (χ1n) is 6.08. The quantitative estimate of drug-likeness (QED) is 0.818. The smallest absolute Gasteiger partial charge is 0.223 e. The van der Waals surface area contributed by atoms with Gasteiger partial charge < -0.3 is 11.1 Å². The highest BCUT2D eigenvalue weighted by molar-refractivity contribution is 7.80. The molecule has 0 bridgehead atoms. The number of nitrogens with one attached hydrogen (secondary N) is 1. The Morgan fingerprint density at radius 3 is 2.74 bits per heavy atom. The zero-order valence-corrected chi connectivity index (χ0v) is 11.5. The monoisotopic (exact) mass is 272 g/mol. The molecule has 19 heavy (non-hydrogen) atoms. The van der Waals surface area contributed by atoms with Gasteiger partial charge in [-0.05, 0) is 17.5 Å².